The molecule has 9 heteroatoms. The Bertz CT molecular complexity index is 1170. The molecule has 3 aromatic rings. The molecule has 0 aliphatic heterocycles. The summed E-state index contributed by atoms with van der Waals surface area (Å²) in [6.45, 7) is 2.00. The van der Waals surface area contributed by atoms with Crippen molar-refractivity contribution in [2.75, 3.05) is 11.0 Å². The van der Waals surface area contributed by atoms with E-state index < -0.39 is 19.9 Å². The van der Waals surface area contributed by atoms with E-state index in [1.807, 2.05) is 6.92 Å². The molecule has 3 rings (SSSR count). The smallest absolute Gasteiger partial charge is 0.261 e. The molecule has 0 aliphatic carbocycles. The summed E-state index contributed by atoms with van der Waals surface area (Å²) in [6, 6.07) is 16.3. The molecule has 0 spiro atoms. The summed E-state index contributed by atoms with van der Waals surface area (Å²) < 4.78 is 50.4. The van der Waals surface area contributed by atoms with Gasteiger partial charge in [0.15, 0.2) is 14.9 Å². The van der Waals surface area contributed by atoms with Crippen molar-refractivity contribution in [1.29, 1.82) is 0 Å². The predicted molar refractivity (Wildman–Crippen MR) is 107 cm³/mol. The second kappa shape index (κ2) is 7.69. The number of benzene rings is 2. The Morgan fingerprint density at radius 2 is 1.46 bits per heavy atom. The van der Waals surface area contributed by atoms with E-state index in [-0.39, 0.29) is 9.92 Å². The van der Waals surface area contributed by atoms with Crippen molar-refractivity contribution in [3.8, 4) is 11.3 Å². The Morgan fingerprint density at radius 3 is 1.96 bits per heavy atom. The highest BCUT2D eigenvalue weighted by Crippen LogP contribution is 2.22. The van der Waals surface area contributed by atoms with Crippen molar-refractivity contribution < 1.29 is 16.8 Å². The molecular weight excluding hydrogens is 398 g/mol. The second-order valence-corrected chi connectivity index (χ2v) is 9.85. The maximum atomic E-state index is 12.5. The van der Waals surface area contributed by atoms with Gasteiger partial charge in [-0.05, 0) is 48.4 Å². The second-order valence-electron chi connectivity index (χ2n) is 6.21. The Labute approximate surface area is 164 Å². The first kappa shape index (κ1) is 20.0. The minimum Gasteiger partial charge on any atom is -0.280 e. The highest BCUT2D eigenvalue weighted by Gasteiger charge is 2.14. The van der Waals surface area contributed by atoms with Crippen LogP contribution < -0.4 is 4.72 Å². The number of sulfonamides is 1. The van der Waals surface area contributed by atoms with Crippen LogP contribution in [0.15, 0.2) is 70.6 Å². The van der Waals surface area contributed by atoms with Gasteiger partial charge in [-0.15, -0.1) is 10.2 Å². The Balaban J connectivity index is 1.78. The van der Waals surface area contributed by atoms with E-state index in [2.05, 4.69) is 14.9 Å². The molecule has 0 saturated carbocycles. The third kappa shape index (κ3) is 4.55. The Morgan fingerprint density at radius 1 is 0.821 bits per heavy atom. The molecule has 1 aromatic heterocycles. The topological polar surface area (TPSA) is 106 Å². The molecule has 7 nitrogen and oxygen atoms in total. The van der Waals surface area contributed by atoms with Crippen LogP contribution in [0, 0.1) is 0 Å². The number of rotatable bonds is 6. The summed E-state index contributed by atoms with van der Waals surface area (Å²) in [5.74, 6) is 0. The number of hydrogen-bond donors (Lipinski definition) is 1. The third-order valence-corrected chi connectivity index (χ3v) is 6.47. The van der Waals surface area contributed by atoms with E-state index in [0.717, 1.165) is 18.2 Å². The lowest BCUT2D eigenvalue weighted by molar-refractivity contribution is 0.595. The van der Waals surface area contributed by atoms with Crippen LogP contribution in [0.3, 0.4) is 0 Å². The summed E-state index contributed by atoms with van der Waals surface area (Å²) in [7, 11) is -7.09. The number of anilines is 1. The average Bonchev–Trinajstić information content (AvgIpc) is 2.68. The molecule has 0 atom stereocenters. The van der Waals surface area contributed by atoms with Gasteiger partial charge in [-0.3, -0.25) is 4.72 Å². The number of nitrogens with zero attached hydrogens (tertiary/aromatic N) is 2. The molecule has 28 heavy (non-hydrogen) atoms. The summed E-state index contributed by atoms with van der Waals surface area (Å²) >= 11 is 0. The highest BCUT2D eigenvalue weighted by molar-refractivity contribution is 7.92. The van der Waals surface area contributed by atoms with Gasteiger partial charge in [0.25, 0.3) is 10.0 Å². The third-order valence-electron chi connectivity index (χ3n) is 4.09. The zero-order valence-corrected chi connectivity index (χ0v) is 17.0. The molecule has 0 saturated heterocycles. The first-order valence-electron chi connectivity index (χ1n) is 8.45. The molecule has 0 aliphatic rings. The molecule has 0 fully saturated rings. The average molecular weight is 418 g/mol. The standard InChI is InChI=1S/C19H19N3O4S2/c1-3-14-4-10-17(11-5-14)28(25,26)22-16-8-6-15(7-9-16)18-12-13-19(21-20-18)27(2,23)24/h4-13,22H,3H2,1-2H3. The van der Waals surface area contributed by atoms with Gasteiger partial charge in [-0.1, -0.05) is 31.2 Å². The fraction of sp³-hybridized carbons (Fsp3) is 0.158. The molecule has 0 bridgehead atoms. The Hall–Kier alpha value is -2.78. The lowest BCUT2D eigenvalue weighted by Crippen LogP contribution is -2.12. The zero-order valence-electron chi connectivity index (χ0n) is 15.3. The predicted octanol–water partition coefficient (Wildman–Crippen LogP) is 2.91. The zero-order chi connectivity index (χ0) is 20.4. The van der Waals surface area contributed by atoms with E-state index in [4.69, 9.17) is 0 Å². The van der Waals surface area contributed by atoms with Crippen LogP contribution in [0.25, 0.3) is 11.3 Å². The molecule has 0 unspecified atom stereocenters. The van der Waals surface area contributed by atoms with Gasteiger partial charge in [0.2, 0.25) is 0 Å². The number of hydrogen-bond acceptors (Lipinski definition) is 6. The van der Waals surface area contributed by atoms with Gasteiger partial charge in [-0.25, -0.2) is 16.8 Å². The first-order chi connectivity index (χ1) is 13.2. The molecule has 0 radical (unpaired) electrons. The fourth-order valence-electron chi connectivity index (χ4n) is 2.50. The van der Waals surface area contributed by atoms with Crippen molar-refractivity contribution in [1.82, 2.24) is 10.2 Å². The quantitative estimate of drug-likeness (QED) is 0.661. The van der Waals surface area contributed by atoms with E-state index in [9.17, 15) is 16.8 Å². The summed E-state index contributed by atoms with van der Waals surface area (Å²) in [5.41, 5.74) is 2.63. The lowest BCUT2D eigenvalue weighted by Gasteiger charge is -2.09. The van der Waals surface area contributed by atoms with Crippen LogP contribution in [0.4, 0.5) is 5.69 Å². The van der Waals surface area contributed by atoms with Crippen LogP contribution in [0.2, 0.25) is 0 Å². The summed E-state index contributed by atoms with van der Waals surface area (Å²) in [5, 5.41) is 7.53. The van der Waals surface area contributed by atoms with Crippen molar-refractivity contribution in [2.45, 2.75) is 23.3 Å². The maximum Gasteiger partial charge on any atom is 0.261 e. The van der Waals surface area contributed by atoms with Gasteiger partial charge in [-0.2, -0.15) is 0 Å². The number of aromatic nitrogens is 2. The Kier molecular flexibility index (Phi) is 5.48. The van der Waals surface area contributed by atoms with Gasteiger partial charge >= 0.3 is 0 Å². The van der Waals surface area contributed by atoms with Gasteiger partial charge in [0.1, 0.15) is 0 Å². The molecule has 1 N–H and O–H groups in total. The number of nitrogens with one attached hydrogen (secondary N) is 1. The van der Waals surface area contributed by atoms with Gasteiger partial charge in [0, 0.05) is 17.5 Å². The van der Waals surface area contributed by atoms with Crippen LogP contribution in [-0.4, -0.2) is 33.3 Å². The van der Waals surface area contributed by atoms with E-state index in [1.54, 1.807) is 54.6 Å². The van der Waals surface area contributed by atoms with E-state index in [1.165, 1.54) is 6.07 Å². The molecule has 0 amide bonds. The van der Waals surface area contributed by atoms with Crippen LogP contribution in [0.5, 0.6) is 0 Å². The van der Waals surface area contributed by atoms with Crippen LogP contribution >= 0.6 is 0 Å². The summed E-state index contributed by atoms with van der Waals surface area (Å²) in [4.78, 5) is 0.191. The largest absolute Gasteiger partial charge is 0.280 e. The van der Waals surface area contributed by atoms with E-state index in [0.29, 0.717) is 16.9 Å². The van der Waals surface area contributed by atoms with Crippen molar-refractivity contribution >= 4 is 25.5 Å². The van der Waals surface area contributed by atoms with Crippen molar-refractivity contribution in [3.05, 3.63) is 66.2 Å². The monoisotopic (exact) mass is 417 g/mol. The molecule has 146 valence electrons. The number of aryl methyl sites for hydroxylation is 1. The molecule has 1 heterocycles. The van der Waals surface area contributed by atoms with Gasteiger partial charge in [0.05, 0.1) is 10.6 Å². The first-order valence-corrected chi connectivity index (χ1v) is 11.8. The minimum absolute atomic E-state index is 0.102. The van der Waals surface area contributed by atoms with Crippen molar-refractivity contribution in [3.63, 3.8) is 0 Å². The van der Waals surface area contributed by atoms with Crippen molar-refractivity contribution in [2.24, 2.45) is 0 Å². The van der Waals surface area contributed by atoms with Crippen LogP contribution in [-0.2, 0) is 26.3 Å². The minimum atomic E-state index is -3.68. The van der Waals surface area contributed by atoms with E-state index >= 15 is 0 Å². The number of sulfone groups is 1. The highest BCUT2D eigenvalue weighted by atomic mass is 32.2. The maximum absolute atomic E-state index is 12.5. The molecule has 2 aromatic carbocycles. The lowest BCUT2D eigenvalue weighted by atomic mass is 10.1. The normalized spacial score (nSPS) is 11.9. The molecular formula is C19H19N3O4S2. The summed E-state index contributed by atoms with van der Waals surface area (Å²) in [6.07, 6.45) is 1.90. The van der Waals surface area contributed by atoms with Gasteiger partial charge < -0.3 is 0 Å². The fourth-order valence-corrected chi connectivity index (χ4v) is 4.06. The SMILES string of the molecule is CCc1ccc(S(=O)(=O)Nc2ccc(-c3ccc(S(C)(=O)=O)nn3)cc2)cc1. The van der Waals surface area contributed by atoms with Crippen LogP contribution in [0.1, 0.15) is 12.5 Å².